The van der Waals surface area contributed by atoms with E-state index >= 15 is 0 Å². The van der Waals surface area contributed by atoms with Crippen molar-refractivity contribution in [1.29, 1.82) is 0 Å². The van der Waals surface area contributed by atoms with Crippen LogP contribution in [0.15, 0.2) is 0 Å². The molecule has 0 aromatic heterocycles. The summed E-state index contributed by atoms with van der Waals surface area (Å²) in [6, 6.07) is 0. The predicted octanol–water partition coefficient (Wildman–Crippen LogP) is -2.05. The molecule has 0 fully saturated rings. The molecule has 0 aliphatic heterocycles. The SMILES string of the molecule is I[I-]I.O. The Kier molecular flexibility index (Phi) is 21.2. The Morgan fingerprint density at radius 1 is 1.25 bits per heavy atom. The predicted molar refractivity (Wildman–Crippen MR) is 31.7 cm³/mol. The van der Waals surface area contributed by atoms with Crippen molar-refractivity contribution in [1.82, 2.24) is 0 Å². The van der Waals surface area contributed by atoms with Crippen molar-refractivity contribution in [3.8, 4) is 0 Å². The molecule has 0 aromatic carbocycles. The molecule has 0 aromatic rings. The molecule has 0 rings (SSSR count). The molecule has 0 saturated heterocycles. The summed E-state index contributed by atoms with van der Waals surface area (Å²) in [5.41, 5.74) is 0. The number of hydrogen-bond acceptors (Lipinski definition) is 0. The molecule has 2 N–H and O–H groups in total. The summed E-state index contributed by atoms with van der Waals surface area (Å²) in [5, 5.41) is 0. The van der Waals surface area contributed by atoms with Crippen LogP contribution < -0.4 is 13.3 Å². The molecule has 0 unspecified atom stereocenters. The average Bonchev–Trinajstić information content (AvgIpc) is 0.918. The van der Waals surface area contributed by atoms with E-state index in [1.807, 2.05) is 0 Å². The third-order valence-corrected chi connectivity index (χ3v) is 0. The van der Waals surface area contributed by atoms with Crippen LogP contribution in [0.4, 0.5) is 0 Å². The maximum absolute atomic E-state index is 2.39. The molecular formula is H2I3O-. The van der Waals surface area contributed by atoms with Crippen LogP contribution in [0.1, 0.15) is 0 Å². The van der Waals surface area contributed by atoms with E-state index in [4.69, 9.17) is 0 Å². The molecule has 30 valence electrons. The summed E-state index contributed by atoms with van der Waals surface area (Å²) in [6.07, 6.45) is 0. The van der Waals surface area contributed by atoms with Crippen molar-refractivity contribution in [2.75, 3.05) is 0 Å². The molecule has 0 aliphatic carbocycles. The zero-order chi connectivity index (χ0) is 2.71. The van der Waals surface area contributed by atoms with Crippen molar-refractivity contribution < 1.29 is 18.7 Å². The van der Waals surface area contributed by atoms with Crippen molar-refractivity contribution >= 4 is 37.2 Å². The summed E-state index contributed by atoms with van der Waals surface area (Å²) in [6.45, 7) is 0. The number of hydrogen-bond donors (Lipinski definition) is 0. The van der Waals surface area contributed by atoms with Crippen LogP contribution in [0, 0.1) is 0 Å². The molecule has 0 aliphatic rings. The molecular weight excluding hydrogens is 397 g/mol. The van der Waals surface area contributed by atoms with Gasteiger partial charge in [0.25, 0.3) is 0 Å². The van der Waals surface area contributed by atoms with Gasteiger partial charge in [-0.1, -0.05) is 0 Å². The van der Waals surface area contributed by atoms with Gasteiger partial charge in [0.1, 0.15) is 0 Å². The van der Waals surface area contributed by atoms with E-state index < -0.39 is 0 Å². The zero-order valence-corrected chi connectivity index (χ0v) is 8.11. The van der Waals surface area contributed by atoms with Gasteiger partial charge in [-0.05, 0) is 0 Å². The van der Waals surface area contributed by atoms with Gasteiger partial charge >= 0.3 is 50.5 Å². The Morgan fingerprint density at radius 2 is 1.25 bits per heavy atom. The average molecular weight is 399 g/mol. The molecule has 0 spiro atoms. The molecule has 0 atom stereocenters. The molecule has 0 amide bonds. The smallest absolute Gasteiger partial charge is 0.412 e. The van der Waals surface area contributed by atoms with Gasteiger partial charge in [0, 0.05) is 0 Å². The molecule has 0 radical (unpaired) electrons. The fourth-order valence-electron chi connectivity index (χ4n) is 0. The van der Waals surface area contributed by atoms with Gasteiger partial charge in [0.05, 0.1) is 0 Å². The van der Waals surface area contributed by atoms with E-state index in [2.05, 4.69) is 37.2 Å². The summed E-state index contributed by atoms with van der Waals surface area (Å²) < 4.78 is 0. The van der Waals surface area contributed by atoms with Crippen molar-refractivity contribution in [2.24, 2.45) is 0 Å². The quantitative estimate of drug-likeness (QED) is 0.421. The number of halogens is 3. The van der Waals surface area contributed by atoms with E-state index in [1.165, 1.54) is 0 Å². The minimum Gasteiger partial charge on any atom is -0.412 e. The first-order chi connectivity index (χ1) is 1.41. The summed E-state index contributed by atoms with van der Waals surface area (Å²) in [7, 11) is 0. The first-order valence-electron chi connectivity index (χ1n) is 0.286. The second-order valence-electron chi connectivity index (χ2n) is 0.0540. The minimum absolute atomic E-state index is 0. The second kappa shape index (κ2) is 8.94. The Balaban J connectivity index is 0. The third kappa shape index (κ3) is 8.91. The summed E-state index contributed by atoms with van der Waals surface area (Å²) in [4.78, 5) is 0. The monoisotopic (exact) mass is 399 g/mol. The Bertz CT molecular complexity index is 3.25. The Labute approximate surface area is 54.8 Å². The van der Waals surface area contributed by atoms with Crippen molar-refractivity contribution in [2.45, 2.75) is 0 Å². The number of rotatable bonds is 0. The van der Waals surface area contributed by atoms with Crippen molar-refractivity contribution in [3.05, 3.63) is 0 Å². The minimum atomic E-state index is 0. The molecule has 0 saturated carbocycles. The van der Waals surface area contributed by atoms with E-state index in [0.29, 0.717) is 13.3 Å². The Hall–Kier alpha value is 2.15. The molecule has 0 heterocycles. The topological polar surface area (TPSA) is 31.5 Å². The van der Waals surface area contributed by atoms with Crippen molar-refractivity contribution in [3.63, 3.8) is 0 Å². The first-order valence-corrected chi connectivity index (χ1v) is 12.9. The molecule has 4 heavy (non-hydrogen) atoms. The Morgan fingerprint density at radius 3 is 1.25 bits per heavy atom. The first kappa shape index (κ1) is 9.47. The van der Waals surface area contributed by atoms with Gasteiger partial charge in [-0.25, -0.2) is 0 Å². The fourth-order valence-corrected chi connectivity index (χ4v) is 0. The van der Waals surface area contributed by atoms with Crippen LogP contribution in [-0.4, -0.2) is 5.48 Å². The van der Waals surface area contributed by atoms with Crippen LogP contribution in [0.3, 0.4) is 0 Å². The van der Waals surface area contributed by atoms with Crippen LogP contribution in [0.5, 0.6) is 0 Å². The van der Waals surface area contributed by atoms with Gasteiger partial charge in [-0.2, -0.15) is 0 Å². The van der Waals surface area contributed by atoms with Gasteiger partial charge < -0.3 is 5.48 Å². The third-order valence-electron chi connectivity index (χ3n) is 0. The zero-order valence-electron chi connectivity index (χ0n) is 1.63. The van der Waals surface area contributed by atoms with Crippen LogP contribution in [0.25, 0.3) is 0 Å². The van der Waals surface area contributed by atoms with E-state index in [0.717, 1.165) is 0 Å². The van der Waals surface area contributed by atoms with E-state index in [9.17, 15) is 0 Å². The van der Waals surface area contributed by atoms with Gasteiger partial charge in [-0.3, -0.25) is 0 Å². The fraction of sp³-hybridized carbons (Fsp3) is 0. The van der Waals surface area contributed by atoms with Crippen LogP contribution in [-0.2, 0) is 0 Å². The van der Waals surface area contributed by atoms with Gasteiger partial charge in [0.15, 0.2) is 0 Å². The normalized spacial score (nSPS) is 5.50. The van der Waals surface area contributed by atoms with E-state index in [-0.39, 0.29) is 5.48 Å². The van der Waals surface area contributed by atoms with Crippen LogP contribution in [0.2, 0.25) is 0 Å². The van der Waals surface area contributed by atoms with Gasteiger partial charge in [0.2, 0.25) is 0 Å². The molecule has 0 bridgehead atoms. The summed E-state index contributed by atoms with van der Waals surface area (Å²) >= 11 is 5.30. The molecule has 4 heteroatoms. The molecule has 1 nitrogen and oxygen atoms in total. The largest absolute Gasteiger partial charge is 0.412 e. The van der Waals surface area contributed by atoms with Gasteiger partial charge in [-0.15, -0.1) is 0 Å². The maximum atomic E-state index is 2.39. The summed E-state index contributed by atoms with van der Waals surface area (Å²) in [5.74, 6) is 0. The standard InChI is InChI=1S/I3.H2O/c1-3-2;/h;1H2/q-1;. The van der Waals surface area contributed by atoms with Crippen LogP contribution >= 0.6 is 37.2 Å². The van der Waals surface area contributed by atoms with E-state index in [1.54, 1.807) is 0 Å². The second-order valence-corrected chi connectivity index (χ2v) is 16.3. The maximum Gasteiger partial charge on any atom is -0.412 e.